The molecule has 0 amide bonds. The van der Waals surface area contributed by atoms with Crippen molar-refractivity contribution in [3.63, 3.8) is 0 Å². The second-order valence-electron chi connectivity index (χ2n) is 12.5. The summed E-state index contributed by atoms with van der Waals surface area (Å²) in [7, 11) is 1.25. The summed E-state index contributed by atoms with van der Waals surface area (Å²) in [5, 5.41) is 9.10. The van der Waals surface area contributed by atoms with Crippen LogP contribution in [0, 0.1) is 0 Å². The highest BCUT2D eigenvalue weighted by molar-refractivity contribution is 7.41. The molecule has 2 atom stereocenters. The van der Waals surface area contributed by atoms with Crippen LogP contribution in [0.15, 0.2) is 146 Å². The summed E-state index contributed by atoms with van der Waals surface area (Å²) in [6, 6.07) is 44.6. The predicted octanol–water partition coefficient (Wildman–Crippen LogP) is 10.9. The van der Waals surface area contributed by atoms with Gasteiger partial charge in [0.15, 0.2) is 0 Å². The van der Waals surface area contributed by atoms with Crippen LogP contribution in [0.3, 0.4) is 0 Å². The van der Waals surface area contributed by atoms with Crippen molar-refractivity contribution in [1.82, 2.24) is 4.98 Å². The molecule has 0 bridgehead atoms. The second kappa shape index (κ2) is 10.7. The lowest BCUT2D eigenvalue weighted by atomic mass is 9.85. The van der Waals surface area contributed by atoms with Gasteiger partial charge in [-0.3, -0.25) is 4.98 Å². The fourth-order valence-electron chi connectivity index (χ4n) is 7.60. The summed E-state index contributed by atoms with van der Waals surface area (Å²) >= 11 is 1.87. The standard InChI is InChI=1S/C44H28NPS/c1-2-10-28(11-3-1)31-14-9-17-37-41(31)42-34-13-4-6-18-38(34)46-44(42)35-16-8-15-32(43(35)45-37)29-22-20-27(21-23-29)30-24-25-40-36(26-30)33-12-5-7-19-39(33)47-40/h1-26,31-32H. The topological polar surface area (TPSA) is 12.9 Å². The molecule has 6 aromatic rings. The van der Waals surface area contributed by atoms with Crippen LogP contribution < -0.4 is 10.6 Å². The van der Waals surface area contributed by atoms with Gasteiger partial charge < -0.3 is 0 Å². The second-order valence-corrected chi connectivity index (χ2v) is 14.7. The Morgan fingerprint density at radius 2 is 1.28 bits per heavy atom. The molecule has 0 radical (unpaired) electrons. The molecule has 0 N–H and O–H groups in total. The summed E-state index contributed by atoms with van der Waals surface area (Å²) < 4.78 is 2.68. The maximum Gasteiger partial charge on any atom is 0.0681 e. The number of thiophene rings is 1. The molecule has 0 saturated carbocycles. The number of hydrogen-bond acceptors (Lipinski definition) is 2. The van der Waals surface area contributed by atoms with Crippen molar-refractivity contribution in [2.75, 3.05) is 0 Å². The molecule has 3 heteroatoms. The van der Waals surface area contributed by atoms with Gasteiger partial charge in [-0.1, -0.05) is 136 Å². The van der Waals surface area contributed by atoms with E-state index in [9.17, 15) is 0 Å². The van der Waals surface area contributed by atoms with Crippen molar-refractivity contribution >= 4 is 62.4 Å². The van der Waals surface area contributed by atoms with E-state index in [1.807, 2.05) is 11.3 Å². The van der Waals surface area contributed by atoms with Crippen LogP contribution in [0.5, 0.6) is 0 Å². The van der Waals surface area contributed by atoms with Crippen LogP contribution in [0.1, 0.15) is 34.2 Å². The molecule has 0 spiro atoms. The van der Waals surface area contributed by atoms with Crippen LogP contribution in [0.25, 0.3) is 64.8 Å². The first kappa shape index (κ1) is 27.0. The number of benzene rings is 5. The third-order valence-corrected chi connectivity index (χ3v) is 12.3. The number of allylic oxidation sites excluding steroid dienone is 4. The zero-order chi connectivity index (χ0) is 30.9. The SMILES string of the molecule is C1=CC(c2ccccc2)c2c3c4ccccc4pc-3c3c(nc2=C1)C(c1ccc(-c2ccc4sc5ccccc5c4c2)cc1)C=CC=3. The number of aromatic nitrogens is 1. The van der Waals surface area contributed by atoms with Crippen LogP contribution in [-0.4, -0.2) is 4.98 Å². The Bertz CT molecular complexity index is 2680. The molecule has 220 valence electrons. The molecular weight excluding hydrogens is 606 g/mol. The van der Waals surface area contributed by atoms with E-state index in [4.69, 9.17) is 4.98 Å². The lowest BCUT2D eigenvalue weighted by molar-refractivity contribution is 0.918. The van der Waals surface area contributed by atoms with E-state index < -0.39 is 0 Å². The fourth-order valence-corrected chi connectivity index (χ4v) is 10.1. The van der Waals surface area contributed by atoms with E-state index in [0.717, 1.165) is 11.0 Å². The zero-order valence-corrected chi connectivity index (χ0v) is 27.2. The maximum atomic E-state index is 5.57. The Hall–Kier alpha value is -5.14. The predicted molar refractivity (Wildman–Crippen MR) is 202 cm³/mol. The minimum atomic E-state index is 0.0707. The zero-order valence-electron chi connectivity index (χ0n) is 25.5. The monoisotopic (exact) mass is 633 g/mol. The largest absolute Gasteiger partial charge is 0.251 e. The molecular formula is C44H28NPS. The van der Waals surface area contributed by atoms with Gasteiger partial charge in [-0.2, -0.15) is 0 Å². The van der Waals surface area contributed by atoms with E-state index in [1.54, 1.807) is 0 Å². The van der Waals surface area contributed by atoms with Gasteiger partial charge in [-0.15, -0.1) is 11.3 Å². The molecule has 2 aliphatic carbocycles. The molecule has 5 aromatic carbocycles. The van der Waals surface area contributed by atoms with Gasteiger partial charge in [0.1, 0.15) is 0 Å². The summed E-state index contributed by atoms with van der Waals surface area (Å²) in [6.07, 6.45) is 13.6. The lowest BCUT2D eigenvalue weighted by Crippen LogP contribution is -2.22. The Kier molecular flexibility index (Phi) is 6.16. The Morgan fingerprint density at radius 1 is 0.574 bits per heavy atom. The molecule has 47 heavy (non-hydrogen) atoms. The van der Waals surface area contributed by atoms with Crippen molar-refractivity contribution in [2.45, 2.75) is 11.8 Å². The molecule has 1 nitrogen and oxygen atoms in total. The summed E-state index contributed by atoms with van der Waals surface area (Å²) in [6.45, 7) is 0. The van der Waals surface area contributed by atoms with Gasteiger partial charge in [-0.05, 0) is 63.5 Å². The van der Waals surface area contributed by atoms with Crippen molar-refractivity contribution in [3.8, 4) is 22.0 Å². The third-order valence-electron chi connectivity index (χ3n) is 9.83. The molecule has 10 rings (SSSR count). The quantitative estimate of drug-likeness (QED) is 0.189. The third kappa shape index (κ3) is 4.29. The maximum absolute atomic E-state index is 5.57. The van der Waals surface area contributed by atoms with Crippen molar-refractivity contribution in [2.24, 2.45) is 0 Å². The number of rotatable bonds is 3. The first-order valence-electron chi connectivity index (χ1n) is 16.2. The van der Waals surface area contributed by atoms with Gasteiger partial charge in [0.05, 0.1) is 11.0 Å². The van der Waals surface area contributed by atoms with E-state index >= 15 is 0 Å². The smallest absolute Gasteiger partial charge is 0.0681 e. The molecule has 1 aromatic heterocycles. The highest BCUT2D eigenvalue weighted by Crippen LogP contribution is 2.46. The van der Waals surface area contributed by atoms with Crippen LogP contribution in [-0.2, 0) is 0 Å². The number of nitrogens with zero attached hydrogens (tertiary/aromatic N) is 1. The molecule has 0 fully saturated rings. The van der Waals surface area contributed by atoms with Crippen LogP contribution in [0.2, 0.25) is 0 Å². The molecule has 4 aliphatic rings. The normalized spacial score (nSPS) is 16.9. The highest BCUT2D eigenvalue weighted by Gasteiger charge is 2.28. The molecule has 2 unspecified atom stereocenters. The van der Waals surface area contributed by atoms with Gasteiger partial charge in [0.25, 0.3) is 0 Å². The van der Waals surface area contributed by atoms with Crippen molar-refractivity contribution in [3.05, 3.63) is 179 Å². The average Bonchev–Trinajstić information content (AvgIpc) is 3.66. The van der Waals surface area contributed by atoms with Gasteiger partial charge >= 0.3 is 0 Å². The minimum absolute atomic E-state index is 0.0707. The van der Waals surface area contributed by atoms with Gasteiger partial charge in [-0.25, -0.2) is 0 Å². The first-order valence-corrected chi connectivity index (χ1v) is 17.9. The van der Waals surface area contributed by atoms with E-state index in [0.29, 0.717) is 0 Å². The fraction of sp³-hybridized carbons (Fsp3) is 0.0455. The molecule has 0 saturated heterocycles. The van der Waals surface area contributed by atoms with E-state index in [1.165, 1.54) is 82.8 Å². The average molecular weight is 634 g/mol. The highest BCUT2D eigenvalue weighted by atomic mass is 32.1. The van der Waals surface area contributed by atoms with Crippen LogP contribution >= 0.6 is 19.5 Å². The number of hydrogen-bond donors (Lipinski definition) is 0. The van der Waals surface area contributed by atoms with E-state index in [2.05, 4.69) is 158 Å². The molecule has 3 heterocycles. The van der Waals surface area contributed by atoms with Gasteiger partial charge in [0, 0.05) is 53.2 Å². The summed E-state index contributed by atoms with van der Waals surface area (Å²) in [5.41, 5.74) is 8.87. The number of fused-ring (bicyclic) bond motifs is 10. The van der Waals surface area contributed by atoms with E-state index in [-0.39, 0.29) is 11.8 Å². The summed E-state index contributed by atoms with van der Waals surface area (Å²) in [4.78, 5) is 5.57. The Balaban J connectivity index is 1.14. The lowest BCUT2D eigenvalue weighted by Gasteiger charge is -2.18. The van der Waals surface area contributed by atoms with Gasteiger partial charge in [0.2, 0.25) is 0 Å². The summed E-state index contributed by atoms with van der Waals surface area (Å²) in [5.74, 6) is 0.220. The Labute approximate surface area is 278 Å². The minimum Gasteiger partial charge on any atom is -0.251 e. The van der Waals surface area contributed by atoms with Crippen molar-refractivity contribution < 1.29 is 0 Å². The first-order chi connectivity index (χ1) is 23.3. The Morgan fingerprint density at radius 3 is 2.17 bits per heavy atom. The van der Waals surface area contributed by atoms with Crippen LogP contribution in [0.4, 0.5) is 0 Å². The van der Waals surface area contributed by atoms with Crippen molar-refractivity contribution in [1.29, 1.82) is 0 Å². The molecule has 2 aliphatic heterocycles.